The van der Waals surface area contributed by atoms with Crippen LogP contribution in [0.1, 0.15) is 0 Å². The number of pyridine rings is 1. The quantitative estimate of drug-likeness (QED) is 0.556. The maximum Gasteiger partial charge on any atom is 0.244 e. The lowest BCUT2D eigenvalue weighted by Crippen LogP contribution is -2.48. The average Bonchev–Trinajstić information content (AvgIpc) is 2.96. The smallest absolute Gasteiger partial charge is 0.244 e. The molecule has 0 spiro atoms. The van der Waals surface area contributed by atoms with Crippen molar-refractivity contribution in [2.45, 2.75) is 15.9 Å². The molecule has 24 heavy (non-hydrogen) atoms. The van der Waals surface area contributed by atoms with Crippen LogP contribution in [0.4, 0.5) is 0 Å². The van der Waals surface area contributed by atoms with E-state index in [2.05, 4.69) is 15.0 Å². The molecule has 0 amide bonds. The van der Waals surface area contributed by atoms with Gasteiger partial charge in [0.05, 0.1) is 6.67 Å². The van der Waals surface area contributed by atoms with Crippen LogP contribution in [0.5, 0.6) is 0 Å². The van der Waals surface area contributed by atoms with E-state index in [0.29, 0.717) is 32.8 Å². The maximum absolute atomic E-state index is 12.6. The highest BCUT2D eigenvalue weighted by atomic mass is 32.2. The van der Waals surface area contributed by atoms with Gasteiger partial charge >= 0.3 is 0 Å². The molecule has 0 saturated carbocycles. The van der Waals surface area contributed by atoms with Crippen LogP contribution < -0.4 is 0 Å². The minimum atomic E-state index is -3.47. The van der Waals surface area contributed by atoms with Crippen LogP contribution in [0.15, 0.2) is 33.8 Å². The van der Waals surface area contributed by atoms with Gasteiger partial charge in [0.1, 0.15) is 4.90 Å². The monoisotopic (exact) mass is 403 g/mol. The van der Waals surface area contributed by atoms with Crippen molar-refractivity contribution in [2.24, 2.45) is 0 Å². The lowest BCUT2D eigenvalue weighted by Gasteiger charge is -2.33. The van der Waals surface area contributed by atoms with Gasteiger partial charge in [-0.3, -0.25) is 9.88 Å². The Kier molecular flexibility index (Phi) is 5.67. The van der Waals surface area contributed by atoms with Gasteiger partial charge in [-0.15, -0.1) is 0 Å². The van der Waals surface area contributed by atoms with Crippen LogP contribution in [-0.4, -0.2) is 64.8 Å². The topological polar surface area (TPSA) is 71.3 Å². The molecule has 7 nitrogen and oxygen atoms in total. The van der Waals surface area contributed by atoms with Crippen LogP contribution in [0.2, 0.25) is 0 Å². The first-order valence-corrected chi connectivity index (χ1v) is 11.1. The number of hydrogen-bond acceptors (Lipinski definition) is 8. The summed E-state index contributed by atoms with van der Waals surface area (Å²) in [5.41, 5.74) is 0. The Morgan fingerprint density at radius 3 is 2.67 bits per heavy atom. The number of hydrogen-bond donors (Lipinski definition) is 0. The largest absolute Gasteiger partial charge is 0.282 e. The Morgan fingerprint density at radius 1 is 1.33 bits per heavy atom. The third kappa shape index (κ3) is 3.86. The molecule has 0 N–H and O–H groups in total. The predicted octanol–water partition coefficient (Wildman–Crippen LogP) is 1.75. The van der Waals surface area contributed by atoms with Crippen molar-refractivity contribution in [1.82, 2.24) is 24.0 Å². The second kappa shape index (κ2) is 7.58. The minimum absolute atomic E-state index is 0.241. The van der Waals surface area contributed by atoms with Crippen molar-refractivity contribution in [3.8, 4) is 0 Å². The number of rotatable bonds is 5. The molecule has 1 saturated heterocycles. The molecule has 0 aliphatic carbocycles. The number of piperazine rings is 1. The van der Waals surface area contributed by atoms with Crippen LogP contribution in [0, 0.1) is 3.95 Å². The van der Waals surface area contributed by atoms with Crippen LogP contribution in [-0.2, 0) is 16.7 Å². The average molecular weight is 404 g/mol. The summed E-state index contributed by atoms with van der Waals surface area (Å²) in [5, 5.41) is 4.45. The first-order valence-electron chi connectivity index (χ1n) is 7.25. The maximum atomic E-state index is 12.6. The van der Waals surface area contributed by atoms with E-state index in [9.17, 15) is 8.42 Å². The summed E-state index contributed by atoms with van der Waals surface area (Å²) in [6.45, 7) is 2.78. The molecule has 1 aliphatic rings. The highest BCUT2D eigenvalue weighted by Gasteiger charge is 2.28. The van der Waals surface area contributed by atoms with E-state index < -0.39 is 10.0 Å². The molecular formula is C13H17N5O2S4. The SMILES string of the molecule is CSc1nn(CN2CCN(S(=O)(=O)c3cccnc3)CC2)c(=S)s1. The van der Waals surface area contributed by atoms with Crippen molar-refractivity contribution in [3.63, 3.8) is 0 Å². The standard InChI is InChI=1S/C13H17N5O2S4/c1-22-12-15-18(13(21)23-12)10-16-5-7-17(8-6-16)24(19,20)11-3-2-4-14-9-11/h2-4,9H,5-8,10H2,1H3. The summed E-state index contributed by atoms with van der Waals surface area (Å²) in [7, 11) is -3.47. The van der Waals surface area contributed by atoms with Crippen LogP contribution in [0.25, 0.3) is 0 Å². The van der Waals surface area contributed by atoms with E-state index in [1.54, 1.807) is 34.8 Å². The Labute approximate surface area is 154 Å². The fourth-order valence-corrected chi connectivity index (χ4v) is 5.53. The fourth-order valence-electron chi connectivity index (χ4n) is 2.41. The minimum Gasteiger partial charge on any atom is -0.282 e. The van der Waals surface area contributed by atoms with Crippen molar-refractivity contribution in [2.75, 3.05) is 32.4 Å². The van der Waals surface area contributed by atoms with E-state index in [-0.39, 0.29) is 4.90 Å². The fraction of sp³-hybridized carbons (Fsp3) is 0.462. The first kappa shape index (κ1) is 18.0. The van der Waals surface area contributed by atoms with Crippen LogP contribution >= 0.6 is 35.3 Å². The summed E-state index contributed by atoms with van der Waals surface area (Å²) >= 11 is 8.39. The van der Waals surface area contributed by atoms with Gasteiger partial charge in [-0.1, -0.05) is 23.1 Å². The van der Waals surface area contributed by atoms with Gasteiger partial charge in [0.15, 0.2) is 8.29 Å². The molecule has 2 aromatic rings. The van der Waals surface area contributed by atoms with E-state index in [0.717, 1.165) is 8.29 Å². The van der Waals surface area contributed by atoms with Crippen molar-refractivity contribution in [3.05, 3.63) is 28.5 Å². The van der Waals surface area contributed by atoms with Crippen LogP contribution in [0.3, 0.4) is 0 Å². The van der Waals surface area contributed by atoms with Crippen molar-refractivity contribution in [1.29, 1.82) is 0 Å². The molecule has 0 atom stereocenters. The van der Waals surface area contributed by atoms with Crippen molar-refractivity contribution >= 4 is 45.3 Å². The van der Waals surface area contributed by atoms with Gasteiger partial charge in [-0.2, -0.15) is 9.40 Å². The Hall–Kier alpha value is -0.850. The number of sulfonamides is 1. The number of nitrogens with zero attached hydrogens (tertiary/aromatic N) is 5. The second-order valence-corrected chi connectivity index (χ2v) is 9.80. The number of aromatic nitrogens is 3. The van der Waals surface area contributed by atoms with Gasteiger partial charge in [0.25, 0.3) is 0 Å². The molecule has 2 aromatic heterocycles. The van der Waals surface area contributed by atoms with Gasteiger partial charge in [-0.05, 0) is 30.6 Å². The van der Waals surface area contributed by atoms with Gasteiger partial charge in [0, 0.05) is 38.6 Å². The summed E-state index contributed by atoms with van der Waals surface area (Å²) in [6, 6.07) is 3.21. The molecule has 0 bridgehead atoms. The van der Waals surface area contributed by atoms with Gasteiger partial charge in [-0.25, -0.2) is 13.1 Å². The normalized spacial score (nSPS) is 17.2. The van der Waals surface area contributed by atoms with Crippen molar-refractivity contribution < 1.29 is 8.42 Å². The zero-order valence-electron chi connectivity index (χ0n) is 13.0. The highest BCUT2D eigenvalue weighted by molar-refractivity contribution is 8.00. The highest BCUT2D eigenvalue weighted by Crippen LogP contribution is 2.20. The third-order valence-electron chi connectivity index (χ3n) is 3.70. The lowest BCUT2D eigenvalue weighted by molar-refractivity contribution is 0.144. The molecule has 3 heterocycles. The summed E-state index contributed by atoms with van der Waals surface area (Å²) in [4.78, 5) is 6.30. The summed E-state index contributed by atoms with van der Waals surface area (Å²) < 4.78 is 30.2. The zero-order valence-corrected chi connectivity index (χ0v) is 16.3. The molecule has 0 aromatic carbocycles. The zero-order chi connectivity index (χ0) is 17.2. The van der Waals surface area contributed by atoms with E-state index >= 15 is 0 Å². The molecule has 0 unspecified atom stereocenters. The molecule has 130 valence electrons. The summed E-state index contributed by atoms with van der Waals surface area (Å²) in [6.07, 6.45) is 4.93. The molecule has 11 heteroatoms. The predicted molar refractivity (Wildman–Crippen MR) is 97.3 cm³/mol. The Bertz CT molecular complexity index is 841. The molecular weight excluding hydrogens is 386 g/mol. The second-order valence-electron chi connectivity index (χ2n) is 5.19. The summed E-state index contributed by atoms with van der Waals surface area (Å²) in [5.74, 6) is 0. The Balaban J connectivity index is 1.63. The van der Waals surface area contributed by atoms with Gasteiger partial charge in [0.2, 0.25) is 10.0 Å². The van der Waals surface area contributed by atoms with E-state index in [4.69, 9.17) is 12.2 Å². The van der Waals surface area contributed by atoms with Gasteiger partial charge < -0.3 is 0 Å². The first-order chi connectivity index (χ1) is 11.5. The molecule has 3 rings (SSSR count). The van der Waals surface area contributed by atoms with E-state index in [1.165, 1.54) is 21.8 Å². The lowest BCUT2D eigenvalue weighted by atomic mass is 10.4. The number of thioether (sulfide) groups is 1. The Morgan fingerprint density at radius 2 is 2.08 bits per heavy atom. The molecule has 0 radical (unpaired) electrons. The molecule has 1 fully saturated rings. The molecule has 1 aliphatic heterocycles. The third-order valence-corrected chi connectivity index (χ3v) is 7.87. The van der Waals surface area contributed by atoms with E-state index in [1.807, 2.05) is 6.26 Å².